The van der Waals surface area contributed by atoms with E-state index >= 15 is 0 Å². The first-order chi connectivity index (χ1) is 8.13. The number of amides is 1. The Morgan fingerprint density at radius 3 is 2.94 bits per heavy atom. The lowest BCUT2D eigenvalue weighted by atomic mass is 10.2. The zero-order valence-corrected chi connectivity index (χ0v) is 11.0. The highest BCUT2D eigenvalue weighted by Crippen LogP contribution is 2.07. The summed E-state index contributed by atoms with van der Waals surface area (Å²) in [6, 6.07) is 3.21. The number of pyridine rings is 1. The van der Waals surface area contributed by atoms with Crippen LogP contribution in [-0.2, 0) is 9.53 Å². The fraction of sp³-hybridized carbons (Fsp3) is 0.364. The van der Waals surface area contributed by atoms with Gasteiger partial charge in [0.2, 0.25) is 0 Å². The molecule has 6 heteroatoms. The van der Waals surface area contributed by atoms with E-state index in [2.05, 4.69) is 26.2 Å². The van der Waals surface area contributed by atoms with Crippen molar-refractivity contribution in [2.24, 2.45) is 0 Å². The molecule has 0 fully saturated rings. The first-order valence-corrected chi connectivity index (χ1v) is 5.98. The summed E-state index contributed by atoms with van der Waals surface area (Å²) >= 11 is 3.18. The molecule has 92 valence electrons. The highest BCUT2D eigenvalue weighted by atomic mass is 79.9. The summed E-state index contributed by atoms with van der Waals surface area (Å²) in [5.41, 5.74) is 0.496. The number of carbonyl (C=O) groups is 2. The van der Waals surface area contributed by atoms with Gasteiger partial charge in [-0.05, 0) is 35.0 Å². The lowest BCUT2D eigenvalue weighted by Crippen LogP contribution is -2.26. The van der Waals surface area contributed by atoms with E-state index < -0.39 is 0 Å². The van der Waals surface area contributed by atoms with Crippen molar-refractivity contribution in [1.29, 1.82) is 0 Å². The van der Waals surface area contributed by atoms with Gasteiger partial charge in [0.05, 0.1) is 13.0 Å². The predicted octanol–water partition coefficient (Wildman–Crippen LogP) is 1.53. The van der Waals surface area contributed by atoms with Crippen LogP contribution in [0.25, 0.3) is 0 Å². The van der Waals surface area contributed by atoms with Crippen LogP contribution in [0.4, 0.5) is 0 Å². The fourth-order valence-electron chi connectivity index (χ4n) is 1.16. The molecule has 0 bridgehead atoms. The van der Waals surface area contributed by atoms with Gasteiger partial charge in [-0.15, -0.1) is 0 Å². The minimum atomic E-state index is -0.316. The molecule has 1 aromatic rings. The summed E-state index contributed by atoms with van der Waals surface area (Å²) in [5.74, 6) is -0.555. The van der Waals surface area contributed by atoms with E-state index in [-0.39, 0.29) is 24.8 Å². The average molecular weight is 301 g/mol. The highest BCUT2D eigenvalue weighted by Gasteiger charge is 2.07. The smallest absolute Gasteiger partial charge is 0.307 e. The van der Waals surface area contributed by atoms with Gasteiger partial charge in [0.15, 0.2) is 0 Å². The number of aromatic nitrogens is 1. The summed E-state index contributed by atoms with van der Waals surface area (Å²) in [7, 11) is 0. The van der Waals surface area contributed by atoms with Crippen molar-refractivity contribution >= 4 is 27.8 Å². The Bertz CT molecular complexity index is 409. The Morgan fingerprint density at radius 2 is 2.29 bits per heavy atom. The second-order valence-electron chi connectivity index (χ2n) is 3.18. The molecule has 1 heterocycles. The molecule has 0 aliphatic rings. The molecule has 5 nitrogen and oxygen atoms in total. The third kappa shape index (κ3) is 4.95. The summed E-state index contributed by atoms with van der Waals surface area (Å²) < 4.78 is 5.33. The van der Waals surface area contributed by atoms with Crippen molar-refractivity contribution in [1.82, 2.24) is 10.3 Å². The van der Waals surface area contributed by atoms with E-state index in [0.29, 0.717) is 16.8 Å². The first-order valence-electron chi connectivity index (χ1n) is 5.19. The third-order valence-corrected chi connectivity index (χ3v) is 2.34. The minimum absolute atomic E-state index is 0.172. The zero-order chi connectivity index (χ0) is 12.7. The second kappa shape index (κ2) is 7.01. The number of halogens is 1. The summed E-state index contributed by atoms with van der Waals surface area (Å²) in [5, 5.41) is 2.63. The molecule has 0 aliphatic carbocycles. The van der Waals surface area contributed by atoms with Crippen LogP contribution in [0.3, 0.4) is 0 Å². The highest BCUT2D eigenvalue weighted by molar-refractivity contribution is 9.10. The molecule has 0 aromatic carbocycles. The van der Waals surface area contributed by atoms with Gasteiger partial charge in [-0.25, -0.2) is 4.98 Å². The van der Waals surface area contributed by atoms with Crippen LogP contribution >= 0.6 is 15.9 Å². The molecule has 0 unspecified atom stereocenters. The molecule has 0 radical (unpaired) electrons. The van der Waals surface area contributed by atoms with Crippen molar-refractivity contribution in [2.45, 2.75) is 13.3 Å². The number of rotatable bonds is 5. The molecule has 0 saturated heterocycles. The molecule has 1 aromatic heterocycles. The molecule has 1 amide bonds. The van der Waals surface area contributed by atoms with E-state index in [1.54, 1.807) is 19.1 Å². The number of carbonyl (C=O) groups excluding carboxylic acids is 2. The van der Waals surface area contributed by atoms with E-state index in [9.17, 15) is 9.59 Å². The number of esters is 1. The molecule has 1 N–H and O–H groups in total. The van der Waals surface area contributed by atoms with Crippen LogP contribution < -0.4 is 5.32 Å². The van der Waals surface area contributed by atoms with Gasteiger partial charge >= 0.3 is 5.97 Å². The number of hydrogen-bond acceptors (Lipinski definition) is 4. The van der Waals surface area contributed by atoms with Crippen molar-refractivity contribution in [3.63, 3.8) is 0 Å². The number of nitrogens with zero attached hydrogens (tertiary/aromatic N) is 1. The number of ether oxygens (including phenoxy) is 1. The normalized spacial score (nSPS) is 9.76. The summed E-state index contributed by atoms with van der Waals surface area (Å²) in [4.78, 5) is 26.6. The Labute approximate surface area is 108 Å². The maximum absolute atomic E-state index is 11.6. The van der Waals surface area contributed by atoms with Gasteiger partial charge in [-0.1, -0.05) is 0 Å². The van der Waals surface area contributed by atoms with E-state index in [1.165, 1.54) is 6.20 Å². The predicted molar refractivity (Wildman–Crippen MR) is 65.5 cm³/mol. The molecule has 0 aliphatic heterocycles. The Hall–Kier alpha value is -1.43. The summed E-state index contributed by atoms with van der Waals surface area (Å²) in [6.45, 7) is 2.35. The molecule has 0 saturated carbocycles. The van der Waals surface area contributed by atoms with Crippen LogP contribution in [0.15, 0.2) is 22.9 Å². The average Bonchev–Trinajstić information content (AvgIpc) is 2.29. The molecule has 0 spiro atoms. The quantitative estimate of drug-likeness (QED) is 0.661. The SMILES string of the molecule is CCOC(=O)CCNC(=O)c1ccnc(Br)c1. The molecule has 0 atom stereocenters. The van der Waals surface area contributed by atoms with Gasteiger partial charge in [0.1, 0.15) is 4.60 Å². The summed E-state index contributed by atoms with van der Waals surface area (Å²) in [6.07, 6.45) is 1.70. The standard InChI is InChI=1S/C11H13BrN2O3/c1-2-17-10(15)4-6-14-11(16)8-3-5-13-9(12)7-8/h3,5,7H,2,4,6H2,1H3,(H,14,16). The van der Waals surface area contributed by atoms with Crippen molar-refractivity contribution < 1.29 is 14.3 Å². The van der Waals surface area contributed by atoms with E-state index in [4.69, 9.17) is 4.74 Å². The van der Waals surface area contributed by atoms with E-state index in [1.807, 2.05) is 0 Å². The van der Waals surface area contributed by atoms with Crippen molar-refractivity contribution in [3.8, 4) is 0 Å². The number of nitrogens with one attached hydrogen (secondary N) is 1. The van der Waals surface area contributed by atoms with Crippen LogP contribution in [0.5, 0.6) is 0 Å². The molecular weight excluding hydrogens is 288 g/mol. The van der Waals surface area contributed by atoms with Crippen LogP contribution in [0, 0.1) is 0 Å². The van der Waals surface area contributed by atoms with Gasteiger partial charge < -0.3 is 10.1 Å². The number of hydrogen-bond donors (Lipinski definition) is 1. The maximum Gasteiger partial charge on any atom is 0.307 e. The lowest BCUT2D eigenvalue weighted by Gasteiger charge is -2.05. The van der Waals surface area contributed by atoms with Crippen molar-refractivity contribution in [2.75, 3.05) is 13.2 Å². The third-order valence-electron chi connectivity index (χ3n) is 1.91. The second-order valence-corrected chi connectivity index (χ2v) is 3.99. The van der Waals surface area contributed by atoms with Gasteiger partial charge in [-0.3, -0.25) is 9.59 Å². The fourth-order valence-corrected chi connectivity index (χ4v) is 1.52. The Kier molecular flexibility index (Phi) is 5.62. The van der Waals surface area contributed by atoms with Crippen LogP contribution in [0.2, 0.25) is 0 Å². The minimum Gasteiger partial charge on any atom is -0.466 e. The Morgan fingerprint density at radius 1 is 1.53 bits per heavy atom. The Balaban J connectivity index is 2.38. The lowest BCUT2D eigenvalue weighted by molar-refractivity contribution is -0.142. The maximum atomic E-state index is 11.6. The van der Waals surface area contributed by atoms with Gasteiger partial charge in [-0.2, -0.15) is 0 Å². The molecular formula is C11H13BrN2O3. The first kappa shape index (κ1) is 13.6. The van der Waals surface area contributed by atoms with Crippen LogP contribution in [0.1, 0.15) is 23.7 Å². The monoisotopic (exact) mass is 300 g/mol. The largest absolute Gasteiger partial charge is 0.466 e. The van der Waals surface area contributed by atoms with Gasteiger partial charge in [0.25, 0.3) is 5.91 Å². The zero-order valence-electron chi connectivity index (χ0n) is 9.40. The topological polar surface area (TPSA) is 68.3 Å². The van der Waals surface area contributed by atoms with E-state index in [0.717, 1.165) is 0 Å². The molecule has 17 heavy (non-hydrogen) atoms. The van der Waals surface area contributed by atoms with Crippen LogP contribution in [-0.4, -0.2) is 30.0 Å². The van der Waals surface area contributed by atoms with Gasteiger partial charge in [0, 0.05) is 18.3 Å². The molecule has 1 rings (SSSR count). The van der Waals surface area contributed by atoms with Crippen molar-refractivity contribution in [3.05, 3.63) is 28.5 Å².